The van der Waals surface area contributed by atoms with Crippen molar-refractivity contribution >= 4 is 34.3 Å². The van der Waals surface area contributed by atoms with Crippen molar-refractivity contribution in [2.75, 3.05) is 13.1 Å². The summed E-state index contributed by atoms with van der Waals surface area (Å²) < 4.78 is 0. The fourth-order valence-electron chi connectivity index (χ4n) is 3.39. The van der Waals surface area contributed by atoms with E-state index in [1.54, 1.807) is 0 Å². The summed E-state index contributed by atoms with van der Waals surface area (Å²) in [5, 5.41) is 22.5. The highest BCUT2D eigenvalue weighted by Gasteiger charge is 2.30. The Balaban J connectivity index is 1.49. The molecule has 1 aromatic heterocycles. The van der Waals surface area contributed by atoms with E-state index in [2.05, 4.69) is 32.0 Å². The minimum Gasteiger partial charge on any atom is -0.510 e. The monoisotopic (exact) mass is 423 g/mol. The van der Waals surface area contributed by atoms with Crippen molar-refractivity contribution in [3.05, 3.63) is 80.3 Å². The number of hydrogen-bond donors (Lipinski definition) is 2. The van der Waals surface area contributed by atoms with Crippen LogP contribution < -0.4 is 0 Å². The van der Waals surface area contributed by atoms with E-state index in [0.717, 1.165) is 23.2 Å². The first kappa shape index (κ1) is 19.7. The highest BCUT2D eigenvalue weighted by Crippen LogP contribution is 2.32. The molecular formula is C23H22ClN3OS. The third-order valence-electron chi connectivity index (χ3n) is 5.29. The van der Waals surface area contributed by atoms with E-state index < -0.39 is 0 Å². The summed E-state index contributed by atoms with van der Waals surface area (Å²) in [6.45, 7) is 5.18. The van der Waals surface area contributed by atoms with Crippen LogP contribution in [0.3, 0.4) is 0 Å². The minimum atomic E-state index is 0.215. The summed E-state index contributed by atoms with van der Waals surface area (Å²) in [6.07, 6.45) is 0.784. The Morgan fingerprint density at radius 3 is 2.62 bits per heavy atom. The molecule has 29 heavy (non-hydrogen) atoms. The Labute approximate surface area is 179 Å². The lowest BCUT2D eigenvalue weighted by molar-refractivity contribution is 0.351. The highest BCUT2D eigenvalue weighted by atomic mass is 35.5. The summed E-state index contributed by atoms with van der Waals surface area (Å²) in [4.78, 5) is 6.60. The lowest BCUT2D eigenvalue weighted by atomic mass is 10.1. The number of aliphatic hydroxyl groups is 1. The zero-order valence-corrected chi connectivity index (χ0v) is 17.9. The number of halogens is 1. The first-order chi connectivity index (χ1) is 13.9. The van der Waals surface area contributed by atoms with Crippen LogP contribution in [0.1, 0.15) is 21.7 Å². The van der Waals surface area contributed by atoms with Crippen LogP contribution in [0.15, 0.2) is 53.6 Å². The molecule has 0 saturated heterocycles. The normalized spacial score (nSPS) is 14.2. The number of aromatic nitrogens is 1. The lowest BCUT2D eigenvalue weighted by Crippen LogP contribution is -2.28. The quantitative estimate of drug-likeness (QED) is 0.538. The zero-order valence-electron chi connectivity index (χ0n) is 16.4. The first-order valence-electron chi connectivity index (χ1n) is 9.46. The van der Waals surface area contributed by atoms with E-state index >= 15 is 0 Å². The van der Waals surface area contributed by atoms with Crippen molar-refractivity contribution in [2.45, 2.75) is 20.3 Å². The van der Waals surface area contributed by atoms with Crippen LogP contribution in [0.2, 0.25) is 5.02 Å². The molecule has 1 aliphatic rings. The second-order valence-electron chi connectivity index (χ2n) is 7.31. The maximum Gasteiger partial charge on any atom is 0.135 e. The van der Waals surface area contributed by atoms with Crippen LogP contribution in [0, 0.1) is 19.3 Å². The van der Waals surface area contributed by atoms with Gasteiger partial charge in [0.25, 0.3) is 0 Å². The third kappa shape index (κ3) is 4.07. The maximum absolute atomic E-state index is 10.5. The van der Waals surface area contributed by atoms with Gasteiger partial charge in [-0.1, -0.05) is 35.9 Å². The van der Waals surface area contributed by atoms with E-state index in [1.807, 2.05) is 34.5 Å². The first-order valence-corrected chi connectivity index (χ1v) is 10.7. The maximum atomic E-state index is 10.5. The topological polar surface area (TPSA) is 60.2 Å². The highest BCUT2D eigenvalue weighted by molar-refractivity contribution is 7.11. The Kier molecular flexibility index (Phi) is 5.43. The van der Waals surface area contributed by atoms with Crippen LogP contribution in [0.25, 0.3) is 16.8 Å². The van der Waals surface area contributed by atoms with Crippen molar-refractivity contribution in [1.82, 2.24) is 9.88 Å². The molecule has 0 radical (unpaired) electrons. The van der Waals surface area contributed by atoms with Gasteiger partial charge in [-0.2, -0.15) is 0 Å². The molecule has 4 rings (SSSR count). The molecule has 1 aliphatic heterocycles. The number of nitrogens with zero attached hydrogens (tertiary/aromatic N) is 2. The van der Waals surface area contributed by atoms with Crippen molar-refractivity contribution in [1.29, 1.82) is 5.41 Å². The van der Waals surface area contributed by atoms with Crippen molar-refractivity contribution in [3.63, 3.8) is 0 Å². The van der Waals surface area contributed by atoms with Gasteiger partial charge in [-0.25, -0.2) is 4.98 Å². The van der Waals surface area contributed by atoms with Crippen LogP contribution >= 0.6 is 22.9 Å². The number of hydrogen-bond acceptors (Lipinski definition) is 4. The SMILES string of the molecule is Cc1ccc(-c2csc(C3=C(O)CN(CCc4ccc(Cl)cc4)C3=N)n2)cc1C. The number of nitrogens with one attached hydrogen (secondary N) is 1. The minimum absolute atomic E-state index is 0.215. The number of thiazole rings is 1. The Morgan fingerprint density at radius 1 is 1.14 bits per heavy atom. The fraction of sp³-hybridized carbons (Fsp3) is 0.217. The van der Waals surface area contributed by atoms with Gasteiger partial charge in [0, 0.05) is 22.5 Å². The number of aryl methyl sites for hydroxylation is 2. The molecule has 0 atom stereocenters. The fourth-order valence-corrected chi connectivity index (χ4v) is 4.41. The molecule has 0 spiro atoms. The summed E-state index contributed by atoms with van der Waals surface area (Å²) in [6, 6.07) is 14.0. The average molecular weight is 424 g/mol. The molecule has 3 aromatic rings. The standard InChI is InChI=1S/C23H22ClN3OS/c1-14-3-6-17(11-15(14)2)19-13-29-23(26-19)21-20(28)12-27(22(21)25)10-9-16-4-7-18(24)8-5-16/h3-8,11,13,25,28H,9-10,12H2,1-2H3. The van der Waals surface area contributed by atoms with Crippen LogP contribution in [-0.2, 0) is 6.42 Å². The van der Waals surface area contributed by atoms with Crippen LogP contribution in [0.5, 0.6) is 0 Å². The predicted octanol–water partition coefficient (Wildman–Crippen LogP) is 5.89. The summed E-state index contributed by atoms with van der Waals surface area (Å²) in [5.74, 6) is 0.546. The second kappa shape index (κ2) is 8.01. The smallest absolute Gasteiger partial charge is 0.135 e. The molecule has 0 saturated carbocycles. The molecule has 6 heteroatoms. The number of aliphatic hydroxyl groups excluding tert-OH is 1. The Morgan fingerprint density at radius 2 is 1.90 bits per heavy atom. The molecule has 2 N–H and O–H groups in total. The van der Waals surface area contributed by atoms with E-state index in [9.17, 15) is 5.11 Å². The number of benzene rings is 2. The molecule has 0 amide bonds. The predicted molar refractivity (Wildman–Crippen MR) is 121 cm³/mol. The molecule has 148 valence electrons. The molecule has 2 aromatic carbocycles. The van der Waals surface area contributed by atoms with E-state index in [-0.39, 0.29) is 5.76 Å². The van der Waals surface area contributed by atoms with Gasteiger partial charge in [0.15, 0.2) is 0 Å². The lowest BCUT2D eigenvalue weighted by Gasteiger charge is -2.18. The summed E-state index contributed by atoms with van der Waals surface area (Å²) in [5.41, 5.74) is 6.10. The Bertz CT molecular complexity index is 1100. The van der Waals surface area contributed by atoms with Gasteiger partial charge in [-0.15, -0.1) is 11.3 Å². The number of amidine groups is 1. The van der Waals surface area contributed by atoms with E-state index in [1.165, 1.54) is 22.5 Å². The second-order valence-corrected chi connectivity index (χ2v) is 8.60. The summed E-state index contributed by atoms with van der Waals surface area (Å²) >= 11 is 7.41. The van der Waals surface area contributed by atoms with Crippen molar-refractivity contribution in [2.24, 2.45) is 0 Å². The molecule has 0 aliphatic carbocycles. The van der Waals surface area contributed by atoms with Gasteiger partial charge in [0.1, 0.15) is 16.6 Å². The van der Waals surface area contributed by atoms with Crippen molar-refractivity contribution < 1.29 is 5.11 Å². The number of rotatable bonds is 5. The molecule has 0 bridgehead atoms. The largest absolute Gasteiger partial charge is 0.510 e. The Hall–Kier alpha value is -2.63. The average Bonchev–Trinajstić information content (AvgIpc) is 3.28. The molecule has 0 unspecified atom stereocenters. The van der Waals surface area contributed by atoms with Gasteiger partial charge >= 0.3 is 0 Å². The van der Waals surface area contributed by atoms with Gasteiger partial charge < -0.3 is 10.0 Å². The van der Waals surface area contributed by atoms with E-state index in [0.29, 0.717) is 34.5 Å². The summed E-state index contributed by atoms with van der Waals surface area (Å²) in [7, 11) is 0. The van der Waals surface area contributed by atoms with Gasteiger partial charge in [-0.3, -0.25) is 5.41 Å². The molecular weight excluding hydrogens is 402 g/mol. The molecule has 4 nitrogen and oxygen atoms in total. The van der Waals surface area contributed by atoms with Gasteiger partial charge in [-0.05, 0) is 55.2 Å². The van der Waals surface area contributed by atoms with Crippen LogP contribution in [0.4, 0.5) is 0 Å². The molecule has 0 fully saturated rings. The zero-order chi connectivity index (χ0) is 20.5. The molecule has 2 heterocycles. The third-order valence-corrected chi connectivity index (χ3v) is 6.40. The van der Waals surface area contributed by atoms with E-state index in [4.69, 9.17) is 22.0 Å². The van der Waals surface area contributed by atoms with Crippen LogP contribution in [-0.4, -0.2) is 33.9 Å². The van der Waals surface area contributed by atoms with Crippen molar-refractivity contribution in [3.8, 4) is 11.3 Å². The van der Waals surface area contributed by atoms with Gasteiger partial charge in [0.05, 0.1) is 17.8 Å². The van der Waals surface area contributed by atoms with Gasteiger partial charge in [0.2, 0.25) is 0 Å².